The normalized spacial score (nSPS) is 24.7. The molecule has 0 saturated carbocycles. The summed E-state index contributed by atoms with van der Waals surface area (Å²) in [5, 5.41) is 19.4. The second-order valence-electron chi connectivity index (χ2n) is 6.19. The molecule has 0 aromatic carbocycles. The number of anilines is 1. The Balaban J connectivity index is 1.84. The van der Waals surface area contributed by atoms with Crippen molar-refractivity contribution in [2.75, 3.05) is 17.7 Å². The molecule has 13 heteroatoms. The zero-order chi connectivity index (χ0) is 22.6. The molecule has 2 aliphatic heterocycles. The van der Waals surface area contributed by atoms with Crippen LogP contribution in [0.2, 0.25) is 0 Å². The van der Waals surface area contributed by atoms with Crippen LogP contribution in [0.25, 0.3) is 0 Å². The topological polar surface area (TPSA) is 147 Å². The number of fused-ring (bicyclic) bond motifs is 1. The lowest BCUT2D eigenvalue weighted by Crippen LogP contribution is -2.79. The number of nitrogens with one attached hydrogen (secondary N) is 2. The fourth-order valence-electron chi connectivity index (χ4n) is 3.22. The van der Waals surface area contributed by atoms with Crippen LogP contribution < -0.4 is 10.6 Å². The number of oxime groups is 1. The molecule has 1 saturated heterocycles. The molecule has 1 aromatic rings. The van der Waals surface area contributed by atoms with E-state index >= 15 is 0 Å². The van der Waals surface area contributed by atoms with E-state index in [-0.39, 0.29) is 28.8 Å². The van der Waals surface area contributed by atoms with Crippen molar-refractivity contribution in [3.63, 3.8) is 0 Å². The molecule has 31 heavy (non-hydrogen) atoms. The van der Waals surface area contributed by atoms with Crippen LogP contribution in [-0.2, 0) is 24.0 Å². The quantitative estimate of drug-likeness (QED) is 0.0870. The van der Waals surface area contributed by atoms with Crippen LogP contribution >= 0.6 is 23.1 Å². The maximum atomic E-state index is 12.9. The SMILES string of the molecule is C=CCON=C(C(=O)NC1C(=O)[N+]2(C=C)C(C(=O)O)=CCS[C@@H]12)c1csc(NC=O)n1. The van der Waals surface area contributed by atoms with Gasteiger partial charge in [0.05, 0.1) is 0 Å². The van der Waals surface area contributed by atoms with Gasteiger partial charge < -0.3 is 20.6 Å². The summed E-state index contributed by atoms with van der Waals surface area (Å²) in [6.07, 6.45) is 4.61. The smallest absolute Gasteiger partial charge is 0.391 e. The third-order valence-corrected chi connectivity index (χ3v) is 6.62. The third-order valence-electron chi connectivity index (χ3n) is 4.55. The van der Waals surface area contributed by atoms with Gasteiger partial charge in [-0.15, -0.1) is 11.3 Å². The first-order valence-electron chi connectivity index (χ1n) is 8.80. The average Bonchev–Trinajstić information content (AvgIpc) is 3.22. The lowest BCUT2D eigenvalue weighted by molar-refractivity contribution is -0.803. The molecule has 1 aromatic heterocycles. The number of rotatable bonds is 10. The minimum Gasteiger partial charge on any atom is -0.474 e. The maximum absolute atomic E-state index is 12.9. The van der Waals surface area contributed by atoms with E-state index in [1.165, 1.54) is 35.5 Å². The number of thioether (sulfide) groups is 1. The number of carbonyl (C=O) groups is 4. The number of β-lactam (4-membered cyclic amide) rings is 1. The Labute approximate surface area is 184 Å². The highest BCUT2D eigenvalue weighted by molar-refractivity contribution is 8.00. The van der Waals surface area contributed by atoms with E-state index in [0.29, 0.717) is 12.2 Å². The van der Waals surface area contributed by atoms with Crippen LogP contribution in [-0.4, -0.2) is 68.3 Å². The van der Waals surface area contributed by atoms with Crippen molar-refractivity contribution in [1.82, 2.24) is 10.3 Å². The largest absolute Gasteiger partial charge is 0.474 e. The van der Waals surface area contributed by atoms with Gasteiger partial charge in [-0.25, -0.2) is 14.6 Å². The number of nitrogens with zero attached hydrogens (tertiary/aromatic N) is 3. The van der Waals surface area contributed by atoms with Crippen LogP contribution in [0, 0.1) is 0 Å². The number of aromatic nitrogens is 1. The van der Waals surface area contributed by atoms with Gasteiger partial charge in [0, 0.05) is 11.1 Å². The fourth-order valence-corrected chi connectivity index (χ4v) is 5.24. The zero-order valence-corrected chi connectivity index (χ0v) is 17.6. The standard InChI is InChI=1S/C18H17N5O6S2/c1-3-6-29-22-12(10-8-31-18(20-10)19-9-24)14(25)21-13-15(26)23(4-2)11(17(27)28)5-7-30-16(13)23/h3-5,8-9,13,16H,1-2,6-7H2,(H2-,19,20,21,24,25,27,28)/p+1/t13?,16-,23?/m0/s1. The van der Waals surface area contributed by atoms with Crippen molar-refractivity contribution in [1.29, 1.82) is 0 Å². The summed E-state index contributed by atoms with van der Waals surface area (Å²) in [6.45, 7) is 7.16. The Hall–Kier alpha value is -3.29. The van der Waals surface area contributed by atoms with Crippen LogP contribution in [0.5, 0.6) is 0 Å². The molecule has 1 fully saturated rings. The molecule has 11 nitrogen and oxygen atoms in total. The summed E-state index contributed by atoms with van der Waals surface area (Å²) < 4.78 is -0.561. The van der Waals surface area contributed by atoms with Gasteiger partial charge in [0.1, 0.15) is 18.5 Å². The molecule has 2 unspecified atom stereocenters. The fraction of sp³-hybridized carbons (Fsp3) is 0.222. The summed E-state index contributed by atoms with van der Waals surface area (Å²) in [7, 11) is 0. The van der Waals surface area contributed by atoms with E-state index in [4.69, 9.17) is 4.84 Å². The Kier molecular flexibility index (Phi) is 6.68. The molecular formula is C18H18N5O6S2+. The number of carboxylic acid groups (broad SMARTS) is 1. The number of hydrogen-bond donors (Lipinski definition) is 3. The monoisotopic (exact) mass is 464 g/mol. The van der Waals surface area contributed by atoms with Crippen LogP contribution in [0.15, 0.2) is 47.7 Å². The van der Waals surface area contributed by atoms with E-state index in [1.54, 1.807) is 0 Å². The molecule has 162 valence electrons. The predicted octanol–water partition coefficient (Wildman–Crippen LogP) is 0.645. The van der Waals surface area contributed by atoms with Crippen molar-refractivity contribution >= 4 is 58.1 Å². The second kappa shape index (κ2) is 9.24. The highest BCUT2D eigenvalue weighted by Crippen LogP contribution is 2.46. The first kappa shape index (κ1) is 22.4. The van der Waals surface area contributed by atoms with Crippen LogP contribution in [0.4, 0.5) is 5.13 Å². The van der Waals surface area contributed by atoms with Gasteiger partial charge in [-0.3, -0.25) is 9.59 Å². The summed E-state index contributed by atoms with van der Waals surface area (Å²) >= 11 is 2.40. The highest BCUT2D eigenvalue weighted by atomic mass is 32.2. The summed E-state index contributed by atoms with van der Waals surface area (Å²) in [5.41, 5.74) is -0.167. The summed E-state index contributed by atoms with van der Waals surface area (Å²) in [6, 6.07) is -0.964. The average molecular weight is 465 g/mol. The molecular weight excluding hydrogens is 446 g/mol. The molecule has 3 rings (SSSR count). The molecule has 3 N–H and O–H groups in total. The third kappa shape index (κ3) is 3.89. The molecule has 0 radical (unpaired) electrons. The van der Waals surface area contributed by atoms with E-state index in [0.717, 1.165) is 11.3 Å². The van der Waals surface area contributed by atoms with Gasteiger partial charge >= 0.3 is 11.9 Å². The molecule has 3 amide bonds. The Morgan fingerprint density at radius 1 is 1.45 bits per heavy atom. The first-order valence-corrected chi connectivity index (χ1v) is 10.7. The number of carbonyl (C=O) groups excluding carboxylic acids is 3. The molecule has 0 bridgehead atoms. The lowest BCUT2D eigenvalue weighted by atomic mass is 9.99. The molecule has 3 heterocycles. The lowest BCUT2D eigenvalue weighted by Gasteiger charge is -2.51. The number of hydrogen-bond acceptors (Lipinski definition) is 9. The van der Waals surface area contributed by atoms with E-state index in [1.807, 2.05) is 0 Å². The zero-order valence-electron chi connectivity index (χ0n) is 16.0. The van der Waals surface area contributed by atoms with E-state index < -0.39 is 33.7 Å². The Morgan fingerprint density at radius 3 is 2.87 bits per heavy atom. The number of amides is 3. The van der Waals surface area contributed by atoms with Crippen molar-refractivity contribution in [2.45, 2.75) is 11.4 Å². The van der Waals surface area contributed by atoms with Gasteiger partial charge in [0.2, 0.25) is 18.1 Å². The first-order chi connectivity index (χ1) is 14.9. The van der Waals surface area contributed by atoms with Crippen molar-refractivity contribution in [3.05, 3.63) is 48.3 Å². The highest BCUT2D eigenvalue weighted by Gasteiger charge is 2.68. The maximum Gasteiger partial charge on any atom is 0.391 e. The molecule has 0 aliphatic carbocycles. The van der Waals surface area contributed by atoms with Crippen LogP contribution in [0.1, 0.15) is 5.69 Å². The van der Waals surface area contributed by atoms with Gasteiger partial charge in [0.15, 0.2) is 16.2 Å². The summed E-state index contributed by atoms with van der Waals surface area (Å²) in [5.74, 6) is -2.11. The van der Waals surface area contributed by atoms with Gasteiger partial charge in [0.25, 0.3) is 5.91 Å². The molecule has 2 aliphatic rings. The summed E-state index contributed by atoms with van der Waals surface area (Å²) in [4.78, 5) is 57.2. The number of carboxylic acids is 1. The number of quaternary nitrogens is 1. The minimum absolute atomic E-state index is 0.0322. The van der Waals surface area contributed by atoms with Crippen molar-refractivity contribution < 1.29 is 33.6 Å². The van der Waals surface area contributed by atoms with Crippen LogP contribution in [0.3, 0.4) is 0 Å². The molecule has 3 atom stereocenters. The number of aliphatic carboxylic acids is 1. The Bertz CT molecular complexity index is 1020. The Morgan fingerprint density at radius 2 is 2.23 bits per heavy atom. The van der Waals surface area contributed by atoms with Gasteiger partial charge in [-0.1, -0.05) is 29.6 Å². The number of thiazole rings is 1. The van der Waals surface area contributed by atoms with E-state index in [9.17, 15) is 24.3 Å². The second-order valence-corrected chi connectivity index (χ2v) is 8.20. The predicted molar refractivity (Wildman–Crippen MR) is 114 cm³/mol. The molecule has 0 spiro atoms. The van der Waals surface area contributed by atoms with Gasteiger partial charge in [-0.2, -0.15) is 4.48 Å². The van der Waals surface area contributed by atoms with Crippen molar-refractivity contribution in [3.8, 4) is 0 Å². The van der Waals surface area contributed by atoms with E-state index in [2.05, 4.69) is 33.9 Å². The van der Waals surface area contributed by atoms with Crippen molar-refractivity contribution in [2.24, 2.45) is 5.16 Å². The minimum atomic E-state index is -1.22. The van der Waals surface area contributed by atoms with Gasteiger partial charge in [-0.05, 0) is 12.7 Å².